The standard InChI is InChI=1S/C16H23N3O3/c1-11(10-22-3)17-16(21)18-12(2)15(20)19-9-8-13-6-4-5-7-14(13)19/h4-7,11-12H,8-10H2,1-3H3,(H2,17,18,21). The number of benzene rings is 1. The Labute approximate surface area is 130 Å². The van der Waals surface area contributed by atoms with Crippen LogP contribution < -0.4 is 15.5 Å². The van der Waals surface area contributed by atoms with Crippen molar-refractivity contribution < 1.29 is 14.3 Å². The third kappa shape index (κ3) is 3.76. The molecule has 6 heteroatoms. The second kappa shape index (κ2) is 7.26. The van der Waals surface area contributed by atoms with Gasteiger partial charge in [0.25, 0.3) is 0 Å². The minimum absolute atomic E-state index is 0.0977. The number of carbonyl (C=O) groups excluding carboxylic acids is 2. The first-order valence-electron chi connectivity index (χ1n) is 7.48. The van der Waals surface area contributed by atoms with Gasteiger partial charge in [-0.25, -0.2) is 4.79 Å². The molecule has 2 N–H and O–H groups in total. The van der Waals surface area contributed by atoms with Gasteiger partial charge in [0.1, 0.15) is 6.04 Å². The summed E-state index contributed by atoms with van der Waals surface area (Å²) in [5, 5.41) is 5.41. The smallest absolute Gasteiger partial charge is 0.315 e. The van der Waals surface area contributed by atoms with E-state index in [9.17, 15) is 9.59 Å². The van der Waals surface area contributed by atoms with Crippen LogP contribution in [0.25, 0.3) is 0 Å². The lowest BCUT2D eigenvalue weighted by Gasteiger charge is -2.23. The second-order valence-electron chi connectivity index (χ2n) is 5.56. The first kappa shape index (κ1) is 16.3. The number of fused-ring (bicyclic) bond motifs is 1. The summed E-state index contributed by atoms with van der Waals surface area (Å²) in [7, 11) is 1.58. The van der Waals surface area contributed by atoms with Crippen molar-refractivity contribution in [2.75, 3.05) is 25.2 Å². The number of rotatable bonds is 5. The van der Waals surface area contributed by atoms with Crippen LogP contribution in [-0.4, -0.2) is 44.3 Å². The molecule has 3 amide bonds. The van der Waals surface area contributed by atoms with E-state index in [4.69, 9.17) is 4.74 Å². The lowest BCUT2D eigenvalue weighted by molar-refractivity contribution is -0.119. The summed E-state index contributed by atoms with van der Waals surface area (Å²) < 4.78 is 4.96. The maximum absolute atomic E-state index is 12.5. The zero-order chi connectivity index (χ0) is 16.1. The van der Waals surface area contributed by atoms with Crippen LogP contribution in [0.5, 0.6) is 0 Å². The van der Waals surface area contributed by atoms with E-state index < -0.39 is 6.04 Å². The molecule has 120 valence electrons. The molecule has 2 atom stereocenters. The summed E-state index contributed by atoms with van der Waals surface area (Å²) in [5.74, 6) is -0.0977. The average Bonchev–Trinajstić information content (AvgIpc) is 2.90. The Balaban J connectivity index is 1.92. The van der Waals surface area contributed by atoms with E-state index in [-0.39, 0.29) is 18.0 Å². The van der Waals surface area contributed by atoms with Gasteiger partial charge in [0, 0.05) is 19.3 Å². The molecular formula is C16H23N3O3. The van der Waals surface area contributed by atoms with Crippen molar-refractivity contribution in [2.45, 2.75) is 32.4 Å². The van der Waals surface area contributed by atoms with Gasteiger partial charge in [0.05, 0.1) is 12.6 Å². The van der Waals surface area contributed by atoms with Crippen LogP contribution in [0.1, 0.15) is 19.4 Å². The topological polar surface area (TPSA) is 70.7 Å². The molecule has 22 heavy (non-hydrogen) atoms. The Bertz CT molecular complexity index is 547. The Kier molecular flexibility index (Phi) is 5.38. The van der Waals surface area contributed by atoms with Crippen molar-refractivity contribution in [3.05, 3.63) is 29.8 Å². The summed E-state index contributed by atoms with van der Waals surface area (Å²) in [4.78, 5) is 26.1. The number of hydrogen-bond donors (Lipinski definition) is 2. The molecule has 0 aliphatic carbocycles. The number of urea groups is 1. The summed E-state index contributed by atoms with van der Waals surface area (Å²) in [5.41, 5.74) is 2.11. The van der Waals surface area contributed by atoms with E-state index in [0.29, 0.717) is 13.2 Å². The summed E-state index contributed by atoms with van der Waals surface area (Å²) in [6, 6.07) is 6.80. The molecular weight excluding hydrogens is 282 g/mol. The van der Waals surface area contributed by atoms with Gasteiger partial charge >= 0.3 is 6.03 Å². The van der Waals surface area contributed by atoms with E-state index in [1.54, 1.807) is 18.9 Å². The van der Waals surface area contributed by atoms with Crippen LogP contribution in [0.2, 0.25) is 0 Å². The first-order valence-corrected chi connectivity index (χ1v) is 7.48. The Morgan fingerprint density at radius 3 is 2.73 bits per heavy atom. The number of anilines is 1. The Hall–Kier alpha value is -2.08. The molecule has 1 aromatic rings. The lowest BCUT2D eigenvalue weighted by Crippen LogP contribution is -2.51. The van der Waals surface area contributed by atoms with Crippen LogP contribution in [0.15, 0.2) is 24.3 Å². The van der Waals surface area contributed by atoms with Crippen molar-refractivity contribution in [2.24, 2.45) is 0 Å². The number of hydrogen-bond acceptors (Lipinski definition) is 3. The van der Waals surface area contributed by atoms with Crippen molar-refractivity contribution in [1.82, 2.24) is 10.6 Å². The van der Waals surface area contributed by atoms with Crippen molar-refractivity contribution >= 4 is 17.6 Å². The highest BCUT2D eigenvalue weighted by Gasteiger charge is 2.28. The molecule has 1 heterocycles. The number of carbonyl (C=O) groups is 2. The van der Waals surface area contributed by atoms with E-state index >= 15 is 0 Å². The molecule has 2 rings (SSSR count). The predicted octanol–water partition coefficient (Wildman–Crippen LogP) is 1.30. The van der Waals surface area contributed by atoms with Crippen molar-refractivity contribution in [3.63, 3.8) is 0 Å². The van der Waals surface area contributed by atoms with Gasteiger partial charge < -0.3 is 20.3 Å². The number of amides is 3. The van der Waals surface area contributed by atoms with Gasteiger partial charge in [0.15, 0.2) is 0 Å². The number of ether oxygens (including phenoxy) is 1. The summed E-state index contributed by atoms with van der Waals surface area (Å²) in [6.45, 7) is 4.62. The van der Waals surface area contributed by atoms with Crippen LogP contribution in [-0.2, 0) is 16.0 Å². The third-order valence-electron chi connectivity index (χ3n) is 3.67. The maximum atomic E-state index is 12.5. The highest BCUT2D eigenvalue weighted by atomic mass is 16.5. The number of methoxy groups -OCH3 is 1. The molecule has 0 spiro atoms. The normalized spacial score (nSPS) is 15.9. The van der Waals surface area contributed by atoms with Crippen LogP contribution in [0.3, 0.4) is 0 Å². The highest BCUT2D eigenvalue weighted by Crippen LogP contribution is 2.27. The molecule has 0 saturated heterocycles. The molecule has 0 saturated carbocycles. The monoisotopic (exact) mass is 305 g/mol. The van der Waals surface area contributed by atoms with E-state index in [2.05, 4.69) is 10.6 Å². The molecule has 6 nitrogen and oxygen atoms in total. The van der Waals surface area contributed by atoms with Crippen LogP contribution in [0, 0.1) is 0 Å². The van der Waals surface area contributed by atoms with Crippen molar-refractivity contribution in [3.8, 4) is 0 Å². The molecule has 0 aromatic heterocycles. The van der Waals surface area contributed by atoms with E-state index in [0.717, 1.165) is 12.1 Å². The zero-order valence-corrected chi connectivity index (χ0v) is 13.3. The number of nitrogens with zero attached hydrogens (tertiary/aromatic N) is 1. The zero-order valence-electron chi connectivity index (χ0n) is 13.3. The van der Waals surface area contributed by atoms with Gasteiger partial charge in [-0.15, -0.1) is 0 Å². The minimum Gasteiger partial charge on any atom is -0.383 e. The number of para-hydroxylation sites is 1. The number of nitrogens with one attached hydrogen (secondary N) is 2. The Morgan fingerprint density at radius 1 is 1.27 bits per heavy atom. The quantitative estimate of drug-likeness (QED) is 0.861. The van der Waals surface area contributed by atoms with Crippen LogP contribution in [0.4, 0.5) is 10.5 Å². The van der Waals surface area contributed by atoms with E-state index in [1.165, 1.54) is 5.56 Å². The maximum Gasteiger partial charge on any atom is 0.315 e. The lowest BCUT2D eigenvalue weighted by atomic mass is 10.2. The van der Waals surface area contributed by atoms with Gasteiger partial charge in [0.2, 0.25) is 5.91 Å². The van der Waals surface area contributed by atoms with Gasteiger partial charge in [-0.2, -0.15) is 0 Å². The fourth-order valence-electron chi connectivity index (χ4n) is 2.62. The SMILES string of the molecule is COCC(C)NC(=O)NC(C)C(=O)N1CCc2ccccc21. The third-order valence-corrected chi connectivity index (χ3v) is 3.67. The molecule has 0 radical (unpaired) electrons. The highest BCUT2D eigenvalue weighted by molar-refractivity contribution is 6.00. The molecule has 0 fully saturated rings. The predicted molar refractivity (Wildman–Crippen MR) is 85.0 cm³/mol. The molecule has 1 aliphatic heterocycles. The van der Waals surface area contributed by atoms with Gasteiger partial charge in [-0.3, -0.25) is 4.79 Å². The first-order chi connectivity index (χ1) is 10.5. The average molecular weight is 305 g/mol. The minimum atomic E-state index is -0.582. The molecule has 1 aromatic carbocycles. The van der Waals surface area contributed by atoms with Gasteiger partial charge in [-0.05, 0) is 31.9 Å². The Morgan fingerprint density at radius 2 is 2.00 bits per heavy atom. The fourth-order valence-corrected chi connectivity index (χ4v) is 2.62. The fraction of sp³-hybridized carbons (Fsp3) is 0.500. The van der Waals surface area contributed by atoms with Crippen molar-refractivity contribution in [1.29, 1.82) is 0 Å². The summed E-state index contributed by atoms with van der Waals surface area (Å²) in [6.07, 6.45) is 0.853. The molecule has 2 unspecified atom stereocenters. The largest absolute Gasteiger partial charge is 0.383 e. The molecule has 0 bridgehead atoms. The summed E-state index contributed by atoms with van der Waals surface area (Å²) >= 11 is 0. The van der Waals surface area contributed by atoms with Gasteiger partial charge in [-0.1, -0.05) is 18.2 Å². The second-order valence-corrected chi connectivity index (χ2v) is 5.56. The van der Waals surface area contributed by atoms with E-state index in [1.807, 2.05) is 31.2 Å². The molecule has 1 aliphatic rings. The van der Waals surface area contributed by atoms with Crippen LogP contribution >= 0.6 is 0 Å².